The summed E-state index contributed by atoms with van der Waals surface area (Å²) in [4.78, 5) is 28.3. The van der Waals surface area contributed by atoms with Crippen LogP contribution < -0.4 is 10.7 Å². The Hall–Kier alpha value is -2.54. The fraction of sp³-hybridized carbons (Fsp3) is 0.200. The van der Waals surface area contributed by atoms with Gasteiger partial charge in [0.15, 0.2) is 0 Å². The molecule has 114 valence electrons. The molecule has 2 aromatic rings. The first-order valence-electron chi connectivity index (χ1n) is 6.68. The Bertz CT molecular complexity index is 653. The minimum Gasteiger partial charge on any atom is -0.324 e. The summed E-state index contributed by atoms with van der Waals surface area (Å²) in [5, 5.41) is 8.55. The third-order valence-corrected chi connectivity index (χ3v) is 3.52. The fourth-order valence-electron chi connectivity index (χ4n) is 1.68. The van der Waals surface area contributed by atoms with Crippen molar-refractivity contribution in [2.45, 2.75) is 19.8 Å². The normalized spacial score (nSPS) is 11.0. The Morgan fingerprint density at radius 2 is 2.14 bits per heavy atom. The molecule has 7 heteroatoms. The van der Waals surface area contributed by atoms with Crippen molar-refractivity contribution < 1.29 is 9.59 Å². The number of rotatable bonds is 6. The Morgan fingerprint density at radius 3 is 2.82 bits per heavy atom. The maximum absolute atomic E-state index is 11.8. The van der Waals surface area contributed by atoms with Crippen LogP contribution in [0.5, 0.6) is 0 Å². The lowest BCUT2D eigenvalue weighted by Crippen LogP contribution is -2.22. The highest BCUT2D eigenvalue weighted by molar-refractivity contribution is 7.10. The van der Waals surface area contributed by atoms with Crippen LogP contribution in [-0.2, 0) is 16.0 Å². The number of amides is 2. The molecule has 0 radical (unpaired) electrons. The highest BCUT2D eigenvalue weighted by Gasteiger charge is 2.06. The topological polar surface area (TPSA) is 83.4 Å². The van der Waals surface area contributed by atoms with E-state index in [2.05, 4.69) is 20.8 Å². The standard InChI is InChI=1S/C15H16N4O2S/c1-11(8-14(20)17-12-4-2-6-16-10-12)18-19-15(21)9-13-5-3-7-22-13/h2-7,10H,8-9H2,1H3,(H,17,20)(H,19,21)/b18-11+. The zero-order chi connectivity index (χ0) is 15.8. The molecule has 0 saturated carbocycles. The monoisotopic (exact) mass is 316 g/mol. The molecule has 0 aliphatic carbocycles. The van der Waals surface area contributed by atoms with Gasteiger partial charge in [0.2, 0.25) is 11.8 Å². The van der Waals surface area contributed by atoms with Crippen molar-refractivity contribution in [1.29, 1.82) is 0 Å². The van der Waals surface area contributed by atoms with Crippen LogP contribution in [0.3, 0.4) is 0 Å². The quantitative estimate of drug-likeness (QED) is 0.633. The predicted molar refractivity (Wildman–Crippen MR) is 86.8 cm³/mol. The van der Waals surface area contributed by atoms with Gasteiger partial charge in [-0.1, -0.05) is 6.07 Å². The molecular weight excluding hydrogens is 300 g/mol. The SMILES string of the molecule is C/C(CC(=O)Nc1cccnc1)=N\NC(=O)Cc1cccs1. The van der Waals surface area contributed by atoms with Gasteiger partial charge >= 0.3 is 0 Å². The number of hydrazone groups is 1. The molecule has 6 nitrogen and oxygen atoms in total. The van der Waals surface area contributed by atoms with Gasteiger partial charge in [0, 0.05) is 16.8 Å². The van der Waals surface area contributed by atoms with Crippen LogP contribution in [0.2, 0.25) is 0 Å². The summed E-state index contributed by atoms with van der Waals surface area (Å²) in [5.41, 5.74) is 3.61. The highest BCUT2D eigenvalue weighted by Crippen LogP contribution is 2.08. The number of carbonyl (C=O) groups is 2. The number of nitrogens with zero attached hydrogens (tertiary/aromatic N) is 2. The zero-order valence-corrected chi connectivity index (χ0v) is 12.9. The molecule has 0 unspecified atom stereocenters. The van der Waals surface area contributed by atoms with E-state index in [1.165, 1.54) is 11.3 Å². The van der Waals surface area contributed by atoms with Gasteiger partial charge in [-0.25, -0.2) is 5.43 Å². The van der Waals surface area contributed by atoms with Crippen LogP contribution in [0.1, 0.15) is 18.2 Å². The van der Waals surface area contributed by atoms with Crippen molar-refractivity contribution in [3.8, 4) is 0 Å². The van der Waals surface area contributed by atoms with E-state index in [1.54, 1.807) is 31.5 Å². The van der Waals surface area contributed by atoms with Crippen molar-refractivity contribution in [2.24, 2.45) is 5.10 Å². The van der Waals surface area contributed by atoms with E-state index in [1.807, 2.05) is 17.5 Å². The zero-order valence-electron chi connectivity index (χ0n) is 12.1. The van der Waals surface area contributed by atoms with Crippen molar-refractivity contribution >= 4 is 34.6 Å². The molecule has 0 aromatic carbocycles. The summed E-state index contributed by atoms with van der Waals surface area (Å²) >= 11 is 1.52. The summed E-state index contributed by atoms with van der Waals surface area (Å²) in [6.45, 7) is 1.69. The van der Waals surface area contributed by atoms with E-state index in [-0.39, 0.29) is 24.7 Å². The molecular formula is C15H16N4O2S. The van der Waals surface area contributed by atoms with Gasteiger partial charge in [0.25, 0.3) is 0 Å². The van der Waals surface area contributed by atoms with Gasteiger partial charge in [-0.05, 0) is 30.5 Å². The van der Waals surface area contributed by atoms with Crippen LogP contribution in [0.4, 0.5) is 5.69 Å². The van der Waals surface area contributed by atoms with Gasteiger partial charge < -0.3 is 5.32 Å². The first-order chi connectivity index (χ1) is 10.6. The third kappa shape index (κ3) is 5.45. The number of carbonyl (C=O) groups excluding carboxylic acids is 2. The summed E-state index contributed by atoms with van der Waals surface area (Å²) < 4.78 is 0. The molecule has 0 saturated heterocycles. The fourth-order valence-corrected chi connectivity index (χ4v) is 2.39. The molecule has 22 heavy (non-hydrogen) atoms. The lowest BCUT2D eigenvalue weighted by Gasteiger charge is -2.04. The maximum Gasteiger partial charge on any atom is 0.245 e. The average Bonchev–Trinajstić information content (AvgIpc) is 2.99. The van der Waals surface area contributed by atoms with E-state index in [9.17, 15) is 9.59 Å². The second-order valence-corrected chi connectivity index (χ2v) is 5.64. The Kier molecular flexibility index (Phi) is 5.79. The van der Waals surface area contributed by atoms with Crippen LogP contribution in [0, 0.1) is 0 Å². The van der Waals surface area contributed by atoms with Crippen molar-refractivity contribution in [2.75, 3.05) is 5.32 Å². The van der Waals surface area contributed by atoms with Crippen molar-refractivity contribution in [3.63, 3.8) is 0 Å². The third-order valence-electron chi connectivity index (χ3n) is 2.65. The van der Waals surface area contributed by atoms with Gasteiger partial charge in [-0.2, -0.15) is 5.10 Å². The molecule has 2 heterocycles. The molecule has 0 fully saturated rings. The predicted octanol–water partition coefficient (Wildman–Crippen LogP) is 2.21. The van der Waals surface area contributed by atoms with Crippen LogP contribution >= 0.6 is 11.3 Å². The second-order valence-electron chi connectivity index (χ2n) is 4.60. The number of aromatic nitrogens is 1. The summed E-state index contributed by atoms with van der Waals surface area (Å²) in [6.07, 6.45) is 3.59. The molecule has 2 aromatic heterocycles. The molecule has 0 spiro atoms. The molecule has 0 aliphatic rings. The van der Waals surface area contributed by atoms with Crippen LogP contribution in [-0.4, -0.2) is 22.5 Å². The Morgan fingerprint density at radius 1 is 1.27 bits per heavy atom. The van der Waals surface area contributed by atoms with Gasteiger partial charge in [-0.3, -0.25) is 14.6 Å². The summed E-state index contributed by atoms with van der Waals surface area (Å²) in [5.74, 6) is -0.406. The minimum atomic E-state index is -0.207. The number of thiophene rings is 1. The van der Waals surface area contributed by atoms with E-state index >= 15 is 0 Å². The van der Waals surface area contributed by atoms with Crippen molar-refractivity contribution in [1.82, 2.24) is 10.4 Å². The smallest absolute Gasteiger partial charge is 0.245 e. The number of pyridine rings is 1. The van der Waals surface area contributed by atoms with E-state index in [4.69, 9.17) is 0 Å². The maximum atomic E-state index is 11.8. The second kappa shape index (κ2) is 8.04. The number of hydrogen-bond acceptors (Lipinski definition) is 5. The van der Waals surface area contributed by atoms with E-state index in [0.717, 1.165) is 4.88 Å². The van der Waals surface area contributed by atoms with Crippen LogP contribution in [0.25, 0.3) is 0 Å². The van der Waals surface area contributed by atoms with Crippen molar-refractivity contribution in [3.05, 3.63) is 46.9 Å². The summed E-state index contributed by atoms with van der Waals surface area (Å²) in [7, 11) is 0. The average molecular weight is 316 g/mol. The molecule has 0 bridgehead atoms. The molecule has 0 atom stereocenters. The van der Waals surface area contributed by atoms with Gasteiger partial charge in [0.1, 0.15) is 0 Å². The van der Waals surface area contributed by atoms with Crippen LogP contribution in [0.15, 0.2) is 47.1 Å². The minimum absolute atomic E-state index is 0.105. The first kappa shape index (κ1) is 15.8. The summed E-state index contributed by atoms with van der Waals surface area (Å²) in [6, 6.07) is 7.27. The number of hydrogen-bond donors (Lipinski definition) is 2. The number of anilines is 1. The Balaban J connectivity index is 1.77. The Labute approximate surface area is 132 Å². The molecule has 2 N–H and O–H groups in total. The van der Waals surface area contributed by atoms with Gasteiger partial charge in [-0.15, -0.1) is 11.3 Å². The molecule has 2 amide bonds. The number of nitrogens with one attached hydrogen (secondary N) is 2. The molecule has 2 rings (SSSR count). The molecule has 0 aliphatic heterocycles. The van der Waals surface area contributed by atoms with Gasteiger partial charge in [0.05, 0.1) is 24.7 Å². The lowest BCUT2D eigenvalue weighted by molar-refractivity contribution is -0.120. The van der Waals surface area contributed by atoms with E-state index < -0.39 is 0 Å². The highest BCUT2D eigenvalue weighted by atomic mass is 32.1. The van der Waals surface area contributed by atoms with E-state index in [0.29, 0.717) is 11.4 Å². The lowest BCUT2D eigenvalue weighted by atomic mass is 10.3. The first-order valence-corrected chi connectivity index (χ1v) is 7.55. The largest absolute Gasteiger partial charge is 0.324 e.